The van der Waals surface area contributed by atoms with Gasteiger partial charge in [-0.2, -0.15) is 8.78 Å². The summed E-state index contributed by atoms with van der Waals surface area (Å²) < 4.78 is 34.2. The number of alkyl halides is 2. The Morgan fingerprint density at radius 3 is 2.73 bits per heavy atom. The number of carbonyl (C=O) groups is 2. The summed E-state index contributed by atoms with van der Waals surface area (Å²) in [5, 5.41) is 0. The summed E-state index contributed by atoms with van der Waals surface area (Å²) in [4.78, 5) is 25.4. The van der Waals surface area contributed by atoms with E-state index in [1.54, 1.807) is 42.5 Å². The molecule has 1 saturated heterocycles. The van der Waals surface area contributed by atoms with Crippen molar-refractivity contribution in [1.29, 1.82) is 0 Å². The summed E-state index contributed by atoms with van der Waals surface area (Å²) in [6.45, 7) is -2.22. The molecule has 2 aromatic carbocycles. The number of benzene rings is 2. The first-order valence-corrected chi connectivity index (χ1v) is 7.85. The molecule has 0 aliphatic carbocycles. The summed E-state index contributed by atoms with van der Waals surface area (Å²) in [5.74, 6) is -0.341. The van der Waals surface area contributed by atoms with Crippen molar-refractivity contribution in [2.24, 2.45) is 0 Å². The number of cyclic esters (lactones) is 1. The van der Waals surface area contributed by atoms with E-state index in [9.17, 15) is 18.4 Å². The van der Waals surface area contributed by atoms with Crippen molar-refractivity contribution in [2.45, 2.75) is 6.61 Å². The normalized spacial score (nSPS) is 14.1. The summed E-state index contributed by atoms with van der Waals surface area (Å²) in [6.07, 6.45) is 2.23. The summed E-state index contributed by atoms with van der Waals surface area (Å²) in [7, 11) is 0. The maximum absolute atomic E-state index is 12.4. The smallest absolute Gasteiger partial charge is 0.414 e. The number of nitrogens with zero attached hydrogens (tertiary/aromatic N) is 1. The molecule has 0 N–H and O–H groups in total. The van der Waals surface area contributed by atoms with Crippen molar-refractivity contribution >= 4 is 23.6 Å². The van der Waals surface area contributed by atoms with E-state index in [4.69, 9.17) is 4.74 Å². The molecule has 26 heavy (non-hydrogen) atoms. The highest BCUT2D eigenvalue weighted by molar-refractivity contribution is 6.07. The molecule has 1 aliphatic heterocycles. The van der Waals surface area contributed by atoms with E-state index in [1.807, 2.05) is 0 Å². The Hall–Kier alpha value is -3.22. The van der Waals surface area contributed by atoms with Crippen molar-refractivity contribution in [3.8, 4) is 5.75 Å². The third kappa shape index (κ3) is 4.05. The number of hydrogen-bond donors (Lipinski definition) is 0. The zero-order chi connectivity index (χ0) is 18.5. The van der Waals surface area contributed by atoms with Gasteiger partial charge in [0.2, 0.25) is 0 Å². The highest BCUT2D eigenvalue weighted by Gasteiger charge is 2.23. The van der Waals surface area contributed by atoms with Crippen LogP contribution < -0.4 is 9.64 Å². The molecule has 1 fully saturated rings. The lowest BCUT2D eigenvalue weighted by atomic mass is 10.1. The van der Waals surface area contributed by atoms with Gasteiger partial charge in [-0.25, -0.2) is 4.79 Å². The Bertz CT molecular complexity index is 851. The second-order valence-corrected chi connectivity index (χ2v) is 5.43. The number of rotatable bonds is 6. The molecular weight excluding hydrogens is 344 g/mol. The molecule has 2 aromatic rings. The van der Waals surface area contributed by atoms with Gasteiger partial charge < -0.3 is 9.47 Å². The monoisotopic (exact) mass is 359 g/mol. The molecule has 1 amide bonds. The van der Waals surface area contributed by atoms with Crippen LogP contribution >= 0.6 is 0 Å². The number of halogens is 2. The Morgan fingerprint density at radius 2 is 2.00 bits per heavy atom. The molecule has 7 heteroatoms. The maximum Gasteiger partial charge on any atom is 0.414 e. The second kappa shape index (κ2) is 7.77. The SMILES string of the molecule is O=C(C=Cc1ccccc1OC(F)F)c1cccc(N2CCOC2=O)c1. The van der Waals surface area contributed by atoms with E-state index in [1.165, 1.54) is 23.1 Å². The Labute approximate surface area is 148 Å². The molecule has 1 aliphatic rings. The van der Waals surface area contributed by atoms with Gasteiger partial charge >= 0.3 is 12.7 Å². The van der Waals surface area contributed by atoms with Crippen LogP contribution in [0.4, 0.5) is 19.3 Å². The van der Waals surface area contributed by atoms with Crippen LogP contribution in [0.3, 0.4) is 0 Å². The quantitative estimate of drug-likeness (QED) is 0.575. The Balaban J connectivity index is 1.78. The highest BCUT2D eigenvalue weighted by atomic mass is 19.3. The molecule has 0 spiro atoms. The molecule has 0 saturated carbocycles. The lowest BCUT2D eigenvalue weighted by molar-refractivity contribution is -0.0499. The van der Waals surface area contributed by atoms with Crippen LogP contribution in [0.15, 0.2) is 54.6 Å². The minimum Gasteiger partial charge on any atom is -0.447 e. The molecule has 3 rings (SSSR count). The van der Waals surface area contributed by atoms with Gasteiger partial charge in [-0.05, 0) is 30.4 Å². The van der Waals surface area contributed by atoms with E-state index in [0.717, 1.165) is 0 Å². The van der Waals surface area contributed by atoms with Crippen molar-refractivity contribution < 1.29 is 27.8 Å². The third-order valence-electron chi connectivity index (χ3n) is 3.75. The van der Waals surface area contributed by atoms with Crippen LogP contribution in [-0.2, 0) is 4.74 Å². The van der Waals surface area contributed by atoms with E-state index in [2.05, 4.69) is 4.74 Å². The van der Waals surface area contributed by atoms with Crippen molar-refractivity contribution in [3.63, 3.8) is 0 Å². The molecular formula is C19H15F2NO4. The van der Waals surface area contributed by atoms with E-state index in [-0.39, 0.29) is 11.5 Å². The lowest BCUT2D eigenvalue weighted by Crippen LogP contribution is -2.23. The number of anilines is 1. The summed E-state index contributed by atoms with van der Waals surface area (Å²) >= 11 is 0. The van der Waals surface area contributed by atoms with Crippen LogP contribution in [-0.4, -0.2) is 31.6 Å². The van der Waals surface area contributed by atoms with Gasteiger partial charge in [-0.3, -0.25) is 9.69 Å². The van der Waals surface area contributed by atoms with Gasteiger partial charge in [0.05, 0.1) is 6.54 Å². The predicted octanol–water partition coefficient (Wildman–Crippen LogP) is 4.14. The van der Waals surface area contributed by atoms with E-state index in [0.29, 0.717) is 30.0 Å². The van der Waals surface area contributed by atoms with Crippen molar-refractivity contribution in [2.75, 3.05) is 18.1 Å². The molecule has 0 bridgehead atoms. The Kier molecular flexibility index (Phi) is 5.26. The summed E-state index contributed by atoms with van der Waals surface area (Å²) in [5.41, 5.74) is 1.29. The number of allylic oxidation sites excluding steroid dienone is 1. The van der Waals surface area contributed by atoms with Crippen LogP contribution in [0.2, 0.25) is 0 Å². The van der Waals surface area contributed by atoms with Crippen LogP contribution in [0, 0.1) is 0 Å². The van der Waals surface area contributed by atoms with Gasteiger partial charge in [0.15, 0.2) is 5.78 Å². The number of carbonyl (C=O) groups excluding carboxylic acids is 2. The molecule has 0 atom stereocenters. The van der Waals surface area contributed by atoms with Gasteiger partial charge in [0.1, 0.15) is 12.4 Å². The van der Waals surface area contributed by atoms with Gasteiger partial charge in [-0.15, -0.1) is 0 Å². The number of amides is 1. The van der Waals surface area contributed by atoms with E-state index >= 15 is 0 Å². The fourth-order valence-corrected chi connectivity index (χ4v) is 2.54. The minimum atomic E-state index is -2.95. The van der Waals surface area contributed by atoms with Crippen molar-refractivity contribution in [1.82, 2.24) is 0 Å². The first-order valence-electron chi connectivity index (χ1n) is 7.85. The zero-order valence-electron chi connectivity index (χ0n) is 13.6. The number of hydrogen-bond acceptors (Lipinski definition) is 4. The average Bonchev–Trinajstić information content (AvgIpc) is 3.06. The fourth-order valence-electron chi connectivity index (χ4n) is 2.54. The molecule has 0 aromatic heterocycles. The number of ketones is 1. The lowest BCUT2D eigenvalue weighted by Gasteiger charge is -2.13. The number of ether oxygens (including phenoxy) is 2. The second-order valence-electron chi connectivity index (χ2n) is 5.43. The summed E-state index contributed by atoms with van der Waals surface area (Å²) in [6, 6.07) is 12.8. The van der Waals surface area contributed by atoms with Gasteiger partial charge in [0.25, 0.3) is 0 Å². The highest BCUT2D eigenvalue weighted by Crippen LogP contribution is 2.23. The number of para-hydroxylation sites is 1. The molecule has 134 valence electrons. The van der Waals surface area contributed by atoms with Crippen LogP contribution in [0.25, 0.3) is 6.08 Å². The molecule has 0 radical (unpaired) electrons. The van der Waals surface area contributed by atoms with Crippen molar-refractivity contribution in [3.05, 3.63) is 65.7 Å². The molecule has 5 nitrogen and oxygen atoms in total. The molecule has 1 heterocycles. The molecule has 0 unspecified atom stereocenters. The zero-order valence-corrected chi connectivity index (χ0v) is 13.6. The third-order valence-corrected chi connectivity index (χ3v) is 3.75. The van der Waals surface area contributed by atoms with Crippen LogP contribution in [0.5, 0.6) is 5.75 Å². The standard InChI is InChI=1S/C19H15F2NO4/c20-18(21)26-17-7-2-1-4-13(17)8-9-16(23)14-5-3-6-15(12-14)22-10-11-25-19(22)24/h1-9,12,18H,10-11H2. The fraction of sp³-hybridized carbons (Fsp3) is 0.158. The van der Waals surface area contributed by atoms with Gasteiger partial charge in [0, 0.05) is 16.8 Å². The maximum atomic E-state index is 12.4. The van der Waals surface area contributed by atoms with Crippen LogP contribution in [0.1, 0.15) is 15.9 Å². The predicted molar refractivity (Wildman–Crippen MR) is 91.6 cm³/mol. The topological polar surface area (TPSA) is 55.8 Å². The Morgan fingerprint density at radius 1 is 1.19 bits per heavy atom. The first-order chi connectivity index (χ1) is 12.5. The largest absolute Gasteiger partial charge is 0.447 e. The van der Waals surface area contributed by atoms with E-state index < -0.39 is 12.7 Å². The average molecular weight is 359 g/mol. The first kappa shape index (κ1) is 17.6. The van der Waals surface area contributed by atoms with Gasteiger partial charge in [-0.1, -0.05) is 30.3 Å². The minimum absolute atomic E-state index is 0.0138.